The second kappa shape index (κ2) is 6.53. The SMILES string of the molecule is CC[N+]1(C)CCN(c2cc(F)c3c(n2)CCCCCC3)CC1. The lowest BCUT2D eigenvalue weighted by atomic mass is 9.96. The highest BCUT2D eigenvalue weighted by atomic mass is 19.1. The molecule has 3 rings (SSSR count). The first-order chi connectivity index (χ1) is 10.6. The largest absolute Gasteiger partial charge is 0.345 e. The molecule has 0 aromatic carbocycles. The first-order valence-electron chi connectivity index (χ1n) is 8.88. The maximum absolute atomic E-state index is 14.5. The Balaban J connectivity index is 1.80. The molecular formula is C18H29FN3+. The summed E-state index contributed by atoms with van der Waals surface area (Å²) in [5, 5.41) is 0. The molecule has 122 valence electrons. The topological polar surface area (TPSA) is 16.1 Å². The molecule has 1 aromatic rings. The Morgan fingerprint density at radius 1 is 1.14 bits per heavy atom. The quantitative estimate of drug-likeness (QED) is 0.780. The van der Waals surface area contributed by atoms with Crippen molar-refractivity contribution >= 4 is 5.82 Å². The number of pyridine rings is 1. The van der Waals surface area contributed by atoms with Crippen LogP contribution in [0.4, 0.5) is 10.2 Å². The van der Waals surface area contributed by atoms with Crippen molar-refractivity contribution in [2.45, 2.75) is 45.4 Å². The molecule has 3 nitrogen and oxygen atoms in total. The highest BCUT2D eigenvalue weighted by Crippen LogP contribution is 2.26. The van der Waals surface area contributed by atoms with Gasteiger partial charge in [-0.05, 0) is 32.6 Å². The molecule has 0 radical (unpaired) electrons. The molecule has 1 fully saturated rings. The lowest BCUT2D eigenvalue weighted by Crippen LogP contribution is -2.57. The predicted molar refractivity (Wildman–Crippen MR) is 88.7 cm³/mol. The van der Waals surface area contributed by atoms with Gasteiger partial charge in [0.25, 0.3) is 0 Å². The van der Waals surface area contributed by atoms with Crippen molar-refractivity contribution in [1.82, 2.24) is 4.98 Å². The van der Waals surface area contributed by atoms with E-state index in [0.29, 0.717) is 0 Å². The zero-order valence-corrected chi connectivity index (χ0v) is 14.1. The Hall–Kier alpha value is -1.16. The minimum Gasteiger partial charge on any atom is -0.345 e. The predicted octanol–water partition coefficient (Wildman–Crippen LogP) is 3.17. The molecule has 0 N–H and O–H groups in total. The normalized spacial score (nSPS) is 21.9. The van der Waals surface area contributed by atoms with Gasteiger partial charge in [0.05, 0.1) is 39.8 Å². The van der Waals surface area contributed by atoms with E-state index >= 15 is 0 Å². The van der Waals surface area contributed by atoms with Gasteiger partial charge in [-0.25, -0.2) is 9.37 Å². The van der Waals surface area contributed by atoms with Gasteiger partial charge in [-0.1, -0.05) is 12.8 Å². The summed E-state index contributed by atoms with van der Waals surface area (Å²) in [5.74, 6) is 0.833. The number of hydrogen-bond acceptors (Lipinski definition) is 2. The average Bonchev–Trinajstić information content (AvgIpc) is 2.49. The highest BCUT2D eigenvalue weighted by molar-refractivity contribution is 5.43. The van der Waals surface area contributed by atoms with E-state index in [4.69, 9.17) is 4.98 Å². The van der Waals surface area contributed by atoms with Gasteiger partial charge in [0.15, 0.2) is 0 Å². The maximum atomic E-state index is 14.5. The number of piperazine rings is 1. The number of hydrogen-bond donors (Lipinski definition) is 0. The zero-order valence-electron chi connectivity index (χ0n) is 14.1. The molecule has 1 saturated heterocycles. The fourth-order valence-electron chi connectivity index (χ4n) is 3.65. The van der Waals surface area contributed by atoms with Gasteiger partial charge >= 0.3 is 0 Å². The smallest absolute Gasteiger partial charge is 0.132 e. The summed E-state index contributed by atoms with van der Waals surface area (Å²) in [7, 11) is 2.31. The van der Waals surface area contributed by atoms with Crippen molar-refractivity contribution in [2.24, 2.45) is 0 Å². The van der Waals surface area contributed by atoms with Crippen LogP contribution in [0.3, 0.4) is 0 Å². The van der Waals surface area contributed by atoms with Gasteiger partial charge < -0.3 is 9.38 Å². The summed E-state index contributed by atoms with van der Waals surface area (Å²) < 4.78 is 15.7. The van der Waals surface area contributed by atoms with Gasteiger partial charge in [0.1, 0.15) is 11.6 Å². The summed E-state index contributed by atoms with van der Waals surface area (Å²) in [4.78, 5) is 7.13. The monoisotopic (exact) mass is 306 g/mol. The molecule has 1 aliphatic heterocycles. The van der Waals surface area contributed by atoms with Crippen LogP contribution in [-0.2, 0) is 12.8 Å². The Bertz CT molecular complexity index is 521. The van der Waals surface area contributed by atoms with Crippen LogP contribution in [0.15, 0.2) is 6.07 Å². The number of anilines is 1. The number of aromatic nitrogens is 1. The average molecular weight is 306 g/mol. The third-order valence-electron chi connectivity index (χ3n) is 5.64. The van der Waals surface area contributed by atoms with Crippen LogP contribution in [0.5, 0.6) is 0 Å². The molecular weight excluding hydrogens is 277 g/mol. The molecule has 0 bridgehead atoms. The molecule has 0 spiro atoms. The van der Waals surface area contributed by atoms with Gasteiger partial charge in [-0.3, -0.25) is 0 Å². The van der Waals surface area contributed by atoms with Crippen molar-refractivity contribution in [3.05, 3.63) is 23.1 Å². The fraction of sp³-hybridized carbons (Fsp3) is 0.722. The highest BCUT2D eigenvalue weighted by Gasteiger charge is 2.28. The van der Waals surface area contributed by atoms with E-state index in [9.17, 15) is 4.39 Å². The van der Waals surface area contributed by atoms with E-state index in [-0.39, 0.29) is 5.82 Å². The van der Waals surface area contributed by atoms with Gasteiger partial charge in [0.2, 0.25) is 0 Å². The van der Waals surface area contributed by atoms with Gasteiger partial charge in [0, 0.05) is 17.3 Å². The van der Waals surface area contributed by atoms with E-state index < -0.39 is 0 Å². The maximum Gasteiger partial charge on any atom is 0.132 e. The third kappa shape index (κ3) is 3.27. The Morgan fingerprint density at radius 3 is 2.50 bits per heavy atom. The van der Waals surface area contributed by atoms with Crippen LogP contribution in [0.25, 0.3) is 0 Å². The van der Waals surface area contributed by atoms with Crippen molar-refractivity contribution < 1.29 is 8.87 Å². The number of fused-ring (bicyclic) bond motifs is 1. The van der Waals surface area contributed by atoms with Crippen molar-refractivity contribution in [1.29, 1.82) is 0 Å². The zero-order chi connectivity index (χ0) is 15.6. The number of halogens is 1. The van der Waals surface area contributed by atoms with Crippen LogP contribution >= 0.6 is 0 Å². The third-order valence-corrected chi connectivity index (χ3v) is 5.64. The second-order valence-electron chi connectivity index (χ2n) is 7.17. The summed E-state index contributed by atoms with van der Waals surface area (Å²) in [6.45, 7) is 7.62. The minimum absolute atomic E-state index is 0.0276. The molecule has 22 heavy (non-hydrogen) atoms. The molecule has 1 aromatic heterocycles. The van der Waals surface area contributed by atoms with E-state index in [1.165, 1.54) is 19.4 Å². The number of nitrogens with zero attached hydrogens (tertiary/aromatic N) is 3. The molecule has 1 aliphatic carbocycles. The summed E-state index contributed by atoms with van der Waals surface area (Å²) in [5.41, 5.74) is 1.91. The minimum atomic E-state index is -0.0276. The van der Waals surface area contributed by atoms with E-state index in [0.717, 1.165) is 73.4 Å². The second-order valence-corrected chi connectivity index (χ2v) is 7.17. The Kier molecular flexibility index (Phi) is 4.67. The van der Waals surface area contributed by atoms with Gasteiger partial charge in [-0.2, -0.15) is 0 Å². The molecule has 2 aliphatic rings. The lowest BCUT2D eigenvalue weighted by Gasteiger charge is -2.42. The number of quaternary nitrogens is 1. The molecule has 0 saturated carbocycles. The van der Waals surface area contributed by atoms with Crippen LogP contribution in [0, 0.1) is 5.82 Å². The van der Waals surface area contributed by atoms with Crippen molar-refractivity contribution in [2.75, 3.05) is 44.7 Å². The Morgan fingerprint density at radius 2 is 1.82 bits per heavy atom. The number of rotatable bonds is 2. The van der Waals surface area contributed by atoms with Gasteiger partial charge in [-0.15, -0.1) is 0 Å². The Labute approximate surface area is 133 Å². The van der Waals surface area contributed by atoms with Crippen molar-refractivity contribution in [3.8, 4) is 0 Å². The standard InChI is InChI=1S/C18H29FN3/c1-3-22(2)12-10-21(11-13-22)18-14-16(19)15-8-6-4-5-7-9-17(15)20-18/h14H,3-13H2,1-2H3/q+1. The van der Waals surface area contributed by atoms with E-state index in [2.05, 4.69) is 18.9 Å². The van der Waals surface area contributed by atoms with E-state index in [1.54, 1.807) is 6.07 Å². The molecule has 4 heteroatoms. The summed E-state index contributed by atoms with van der Waals surface area (Å²) in [6, 6.07) is 1.68. The van der Waals surface area contributed by atoms with Crippen LogP contribution in [-0.4, -0.2) is 49.2 Å². The lowest BCUT2D eigenvalue weighted by molar-refractivity contribution is -0.908. The molecule has 0 amide bonds. The first kappa shape index (κ1) is 15.7. The number of aryl methyl sites for hydroxylation is 1. The van der Waals surface area contributed by atoms with Crippen LogP contribution < -0.4 is 4.90 Å². The first-order valence-corrected chi connectivity index (χ1v) is 8.88. The summed E-state index contributed by atoms with van der Waals surface area (Å²) in [6.07, 6.45) is 6.52. The fourth-order valence-corrected chi connectivity index (χ4v) is 3.65. The van der Waals surface area contributed by atoms with Crippen LogP contribution in [0.2, 0.25) is 0 Å². The molecule has 0 atom stereocenters. The number of likely N-dealkylation sites (N-methyl/N-ethyl adjacent to an activating group) is 1. The van der Waals surface area contributed by atoms with Crippen molar-refractivity contribution in [3.63, 3.8) is 0 Å². The van der Waals surface area contributed by atoms with Crippen LogP contribution in [0.1, 0.15) is 43.9 Å². The summed E-state index contributed by atoms with van der Waals surface area (Å²) >= 11 is 0. The molecule has 0 unspecified atom stereocenters. The van der Waals surface area contributed by atoms with E-state index in [1.807, 2.05) is 0 Å². The molecule has 2 heterocycles.